The van der Waals surface area contributed by atoms with E-state index in [1.165, 1.54) is 19.3 Å². The van der Waals surface area contributed by atoms with Crippen molar-refractivity contribution in [2.75, 3.05) is 18.0 Å². The monoisotopic (exact) mass is 316 g/mol. The molecular formula is C18H28N4O. The van der Waals surface area contributed by atoms with Crippen LogP contribution in [-0.4, -0.2) is 35.0 Å². The summed E-state index contributed by atoms with van der Waals surface area (Å²) < 4.78 is 0. The van der Waals surface area contributed by atoms with Crippen LogP contribution in [0.4, 0.5) is 5.95 Å². The largest absolute Gasteiger partial charge is 0.353 e. The Hall–Kier alpha value is -1.65. The van der Waals surface area contributed by atoms with Crippen LogP contribution in [0.25, 0.3) is 0 Å². The SMILES string of the molecule is Cc1cc(C)nc(N2CCCC(C(=O)NC3CCCCC3)C2)n1. The minimum atomic E-state index is 0.0649. The van der Waals surface area contributed by atoms with Crippen LogP contribution < -0.4 is 10.2 Å². The van der Waals surface area contributed by atoms with Crippen LogP contribution in [0.15, 0.2) is 6.07 Å². The summed E-state index contributed by atoms with van der Waals surface area (Å²) in [5.74, 6) is 1.07. The second kappa shape index (κ2) is 7.28. The van der Waals surface area contributed by atoms with Gasteiger partial charge in [-0.2, -0.15) is 0 Å². The number of carbonyl (C=O) groups is 1. The molecule has 0 bridgehead atoms. The molecule has 1 atom stereocenters. The lowest BCUT2D eigenvalue weighted by atomic mass is 9.93. The van der Waals surface area contributed by atoms with Crippen molar-refractivity contribution in [3.63, 3.8) is 0 Å². The second-order valence-corrected chi connectivity index (χ2v) is 7.08. The highest BCUT2D eigenvalue weighted by Gasteiger charge is 2.28. The molecule has 5 nitrogen and oxygen atoms in total. The van der Waals surface area contributed by atoms with Crippen LogP contribution in [0.2, 0.25) is 0 Å². The molecule has 5 heteroatoms. The van der Waals surface area contributed by atoms with E-state index in [1.54, 1.807) is 0 Å². The Morgan fingerprint density at radius 3 is 2.48 bits per heavy atom. The summed E-state index contributed by atoms with van der Waals surface area (Å²) in [5, 5.41) is 3.28. The van der Waals surface area contributed by atoms with Crippen LogP contribution in [0.3, 0.4) is 0 Å². The van der Waals surface area contributed by atoms with Gasteiger partial charge in [-0.3, -0.25) is 4.79 Å². The number of amides is 1. The fourth-order valence-electron chi connectivity index (χ4n) is 3.79. The van der Waals surface area contributed by atoms with Crippen molar-refractivity contribution in [1.82, 2.24) is 15.3 Å². The lowest BCUT2D eigenvalue weighted by Gasteiger charge is -2.33. The molecule has 1 aliphatic carbocycles. The molecule has 1 amide bonds. The number of carbonyl (C=O) groups excluding carboxylic acids is 1. The fraction of sp³-hybridized carbons (Fsp3) is 0.722. The number of aryl methyl sites for hydroxylation is 2. The van der Waals surface area contributed by atoms with Gasteiger partial charge in [0.15, 0.2) is 0 Å². The molecule has 0 spiro atoms. The number of aromatic nitrogens is 2. The normalized spacial score (nSPS) is 22.9. The maximum absolute atomic E-state index is 12.6. The van der Waals surface area contributed by atoms with Crippen LogP contribution in [0.1, 0.15) is 56.3 Å². The van der Waals surface area contributed by atoms with Crippen LogP contribution >= 0.6 is 0 Å². The maximum Gasteiger partial charge on any atom is 0.225 e. The summed E-state index contributed by atoms with van der Waals surface area (Å²) in [6.07, 6.45) is 8.09. The first-order valence-corrected chi connectivity index (χ1v) is 8.99. The van der Waals surface area contributed by atoms with Crippen molar-refractivity contribution >= 4 is 11.9 Å². The topological polar surface area (TPSA) is 58.1 Å². The Kier molecular flexibility index (Phi) is 5.13. The van der Waals surface area contributed by atoms with Gasteiger partial charge in [0, 0.05) is 30.5 Å². The van der Waals surface area contributed by atoms with E-state index in [1.807, 2.05) is 19.9 Å². The minimum Gasteiger partial charge on any atom is -0.353 e. The van der Waals surface area contributed by atoms with Crippen molar-refractivity contribution in [3.05, 3.63) is 17.5 Å². The molecule has 1 unspecified atom stereocenters. The Labute approximate surface area is 138 Å². The minimum absolute atomic E-state index is 0.0649. The third kappa shape index (κ3) is 4.21. The molecule has 2 aliphatic rings. The summed E-state index contributed by atoms with van der Waals surface area (Å²) in [4.78, 5) is 23.9. The van der Waals surface area contributed by atoms with Gasteiger partial charge in [0.1, 0.15) is 0 Å². The summed E-state index contributed by atoms with van der Waals surface area (Å²) in [6.45, 7) is 5.67. The van der Waals surface area contributed by atoms with E-state index >= 15 is 0 Å². The molecule has 1 saturated heterocycles. The second-order valence-electron chi connectivity index (χ2n) is 7.08. The molecule has 126 valence electrons. The van der Waals surface area contributed by atoms with E-state index in [-0.39, 0.29) is 11.8 Å². The van der Waals surface area contributed by atoms with Crippen LogP contribution in [-0.2, 0) is 4.79 Å². The number of nitrogens with zero attached hydrogens (tertiary/aromatic N) is 3. The number of rotatable bonds is 3. The fourth-order valence-corrected chi connectivity index (χ4v) is 3.79. The van der Waals surface area contributed by atoms with Crippen molar-refractivity contribution in [3.8, 4) is 0 Å². The van der Waals surface area contributed by atoms with Gasteiger partial charge in [0.25, 0.3) is 0 Å². The van der Waals surface area contributed by atoms with E-state index in [9.17, 15) is 4.79 Å². The zero-order valence-corrected chi connectivity index (χ0v) is 14.3. The highest BCUT2D eigenvalue weighted by Crippen LogP contribution is 2.23. The molecule has 3 rings (SSSR count). The summed E-state index contributed by atoms with van der Waals surface area (Å²) in [7, 11) is 0. The van der Waals surface area contributed by atoms with E-state index in [2.05, 4.69) is 20.2 Å². The molecule has 1 N–H and O–H groups in total. The number of nitrogens with one attached hydrogen (secondary N) is 1. The Bertz CT molecular complexity index is 534. The maximum atomic E-state index is 12.6. The summed E-state index contributed by atoms with van der Waals surface area (Å²) in [6, 6.07) is 2.38. The third-order valence-corrected chi connectivity index (χ3v) is 5.00. The van der Waals surface area contributed by atoms with Gasteiger partial charge >= 0.3 is 0 Å². The average Bonchev–Trinajstić information content (AvgIpc) is 2.55. The van der Waals surface area contributed by atoms with Crippen molar-refractivity contribution in [1.29, 1.82) is 0 Å². The Morgan fingerprint density at radius 1 is 1.09 bits per heavy atom. The van der Waals surface area contributed by atoms with Gasteiger partial charge in [0.05, 0.1) is 5.92 Å². The predicted molar refractivity (Wildman–Crippen MR) is 91.5 cm³/mol. The molecule has 1 aromatic heterocycles. The lowest BCUT2D eigenvalue weighted by molar-refractivity contribution is -0.126. The van der Waals surface area contributed by atoms with E-state index in [0.717, 1.165) is 56.1 Å². The van der Waals surface area contributed by atoms with E-state index in [4.69, 9.17) is 0 Å². The third-order valence-electron chi connectivity index (χ3n) is 5.00. The lowest BCUT2D eigenvalue weighted by Crippen LogP contribution is -2.46. The van der Waals surface area contributed by atoms with Crippen molar-refractivity contribution in [2.45, 2.75) is 64.8 Å². The van der Waals surface area contributed by atoms with Gasteiger partial charge in [-0.25, -0.2) is 9.97 Å². The summed E-state index contributed by atoms with van der Waals surface area (Å²) in [5.41, 5.74) is 1.97. The molecule has 2 fully saturated rings. The number of hydrogen-bond acceptors (Lipinski definition) is 4. The number of hydrogen-bond donors (Lipinski definition) is 1. The van der Waals surface area contributed by atoms with Crippen LogP contribution in [0, 0.1) is 19.8 Å². The standard InChI is InChI=1S/C18H28N4O/c1-13-11-14(2)20-18(19-13)22-10-6-7-15(12-22)17(23)21-16-8-4-3-5-9-16/h11,15-16H,3-10,12H2,1-2H3,(H,21,23). The zero-order chi connectivity index (χ0) is 16.2. The van der Waals surface area contributed by atoms with Crippen molar-refractivity contribution < 1.29 is 4.79 Å². The summed E-state index contributed by atoms with van der Waals surface area (Å²) >= 11 is 0. The molecule has 23 heavy (non-hydrogen) atoms. The Balaban J connectivity index is 1.62. The van der Waals surface area contributed by atoms with Gasteiger partial charge in [-0.05, 0) is 45.6 Å². The molecule has 1 saturated carbocycles. The highest BCUT2D eigenvalue weighted by atomic mass is 16.2. The van der Waals surface area contributed by atoms with E-state index in [0.29, 0.717) is 6.04 Å². The van der Waals surface area contributed by atoms with Gasteiger partial charge in [0.2, 0.25) is 11.9 Å². The molecular weight excluding hydrogens is 288 g/mol. The number of anilines is 1. The van der Waals surface area contributed by atoms with Gasteiger partial charge < -0.3 is 10.2 Å². The van der Waals surface area contributed by atoms with Crippen molar-refractivity contribution in [2.24, 2.45) is 5.92 Å². The molecule has 1 aromatic rings. The number of piperidine rings is 1. The molecule has 2 heterocycles. The first kappa shape index (κ1) is 16.2. The first-order valence-electron chi connectivity index (χ1n) is 8.99. The van der Waals surface area contributed by atoms with Gasteiger partial charge in [-0.1, -0.05) is 19.3 Å². The molecule has 0 radical (unpaired) electrons. The molecule has 0 aromatic carbocycles. The first-order chi connectivity index (χ1) is 11.1. The zero-order valence-electron chi connectivity index (χ0n) is 14.3. The van der Waals surface area contributed by atoms with E-state index < -0.39 is 0 Å². The smallest absolute Gasteiger partial charge is 0.225 e. The van der Waals surface area contributed by atoms with Crippen LogP contribution in [0.5, 0.6) is 0 Å². The predicted octanol–water partition coefficient (Wildman–Crippen LogP) is 2.76. The molecule has 1 aliphatic heterocycles. The Morgan fingerprint density at radius 2 is 1.78 bits per heavy atom. The van der Waals surface area contributed by atoms with Gasteiger partial charge in [-0.15, -0.1) is 0 Å². The quantitative estimate of drug-likeness (QED) is 0.931. The highest BCUT2D eigenvalue weighted by molar-refractivity contribution is 5.79. The average molecular weight is 316 g/mol.